The number of hydrogen-bond donors (Lipinski definition) is 2. The van der Waals surface area contributed by atoms with Crippen LogP contribution in [0.2, 0.25) is 0 Å². The van der Waals surface area contributed by atoms with Gasteiger partial charge < -0.3 is 15.4 Å². The number of hydrogen-bond acceptors (Lipinski definition) is 6. The van der Waals surface area contributed by atoms with Gasteiger partial charge in [-0.05, 0) is 6.07 Å². The Morgan fingerprint density at radius 3 is 3.12 bits per heavy atom. The molecule has 0 fully saturated rings. The van der Waals surface area contributed by atoms with Crippen molar-refractivity contribution in [2.45, 2.75) is 19.0 Å². The van der Waals surface area contributed by atoms with Gasteiger partial charge in [-0.25, -0.2) is 14.6 Å². The molecule has 0 saturated carbocycles. The van der Waals surface area contributed by atoms with Crippen LogP contribution in [0.3, 0.4) is 0 Å². The van der Waals surface area contributed by atoms with E-state index in [1.807, 2.05) is 24.3 Å². The predicted molar refractivity (Wildman–Crippen MR) is 92.3 cm³/mol. The van der Waals surface area contributed by atoms with Gasteiger partial charge in [-0.1, -0.05) is 18.2 Å². The van der Waals surface area contributed by atoms with Crippen LogP contribution in [0.4, 0.5) is 5.82 Å². The van der Waals surface area contributed by atoms with E-state index in [2.05, 4.69) is 25.7 Å². The molecule has 3 aromatic rings. The maximum Gasteiger partial charge on any atom is 0.242 e. The van der Waals surface area contributed by atoms with Crippen molar-refractivity contribution in [1.82, 2.24) is 25.1 Å². The van der Waals surface area contributed by atoms with Crippen molar-refractivity contribution in [1.29, 1.82) is 0 Å². The zero-order chi connectivity index (χ0) is 17.2. The fraction of sp³-hybridized carbons (Fsp3) is 0.294. The van der Waals surface area contributed by atoms with Crippen molar-refractivity contribution >= 4 is 22.8 Å². The SMILES string of the molecule is CNc1ncnc2c1cnn2CC(=O)NC1CCOc2ccccc21. The Balaban J connectivity index is 1.52. The molecule has 8 heteroatoms. The second-order valence-corrected chi connectivity index (χ2v) is 5.81. The van der Waals surface area contributed by atoms with E-state index in [0.717, 1.165) is 23.1 Å². The number of ether oxygens (including phenoxy) is 1. The summed E-state index contributed by atoms with van der Waals surface area (Å²) in [5.74, 6) is 1.40. The first-order chi connectivity index (χ1) is 12.3. The van der Waals surface area contributed by atoms with Gasteiger partial charge >= 0.3 is 0 Å². The first-order valence-electron chi connectivity index (χ1n) is 8.11. The van der Waals surface area contributed by atoms with Gasteiger partial charge in [-0.15, -0.1) is 0 Å². The average molecular weight is 338 g/mol. The number of carbonyl (C=O) groups is 1. The van der Waals surface area contributed by atoms with E-state index in [9.17, 15) is 4.79 Å². The van der Waals surface area contributed by atoms with Gasteiger partial charge in [0, 0.05) is 19.0 Å². The summed E-state index contributed by atoms with van der Waals surface area (Å²) < 4.78 is 7.21. The molecule has 4 rings (SSSR count). The molecule has 2 aromatic heterocycles. The Bertz CT molecular complexity index is 922. The van der Waals surface area contributed by atoms with Crippen LogP contribution in [-0.4, -0.2) is 39.3 Å². The Kier molecular flexibility index (Phi) is 3.93. The van der Waals surface area contributed by atoms with E-state index < -0.39 is 0 Å². The normalized spacial score (nSPS) is 16.1. The lowest BCUT2D eigenvalue weighted by Gasteiger charge is -2.26. The summed E-state index contributed by atoms with van der Waals surface area (Å²) in [5, 5.41) is 11.1. The largest absolute Gasteiger partial charge is 0.493 e. The molecule has 1 aromatic carbocycles. The highest BCUT2D eigenvalue weighted by atomic mass is 16.5. The van der Waals surface area contributed by atoms with Gasteiger partial charge in [-0.3, -0.25) is 4.79 Å². The maximum atomic E-state index is 12.5. The topological polar surface area (TPSA) is 94.0 Å². The predicted octanol–water partition coefficient (Wildman–Crippen LogP) is 1.51. The fourth-order valence-electron chi connectivity index (χ4n) is 3.08. The third-order valence-corrected chi connectivity index (χ3v) is 4.26. The lowest BCUT2D eigenvalue weighted by molar-refractivity contribution is -0.122. The number of fused-ring (bicyclic) bond motifs is 2. The van der Waals surface area contributed by atoms with Crippen LogP contribution in [0.25, 0.3) is 11.0 Å². The van der Waals surface area contributed by atoms with Crippen LogP contribution in [-0.2, 0) is 11.3 Å². The Morgan fingerprint density at radius 2 is 2.24 bits per heavy atom. The first-order valence-corrected chi connectivity index (χ1v) is 8.11. The maximum absolute atomic E-state index is 12.5. The molecular formula is C17H18N6O2. The molecule has 1 atom stereocenters. The van der Waals surface area contributed by atoms with Gasteiger partial charge in [0.05, 0.1) is 24.2 Å². The summed E-state index contributed by atoms with van der Waals surface area (Å²) >= 11 is 0. The molecule has 0 spiro atoms. The average Bonchev–Trinajstić information content (AvgIpc) is 3.05. The number of anilines is 1. The lowest BCUT2D eigenvalue weighted by Crippen LogP contribution is -2.34. The monoisotopic (exact) mass is 338 g/mol. The minimum absolute atomic E-state index is 0.0539. The molecule has 3 heterocycles. The van der Waals surface area contributed by atoms with E-state index in [1.54, 1.807) is 17.9 Å². The molecule has 0 bridgehead atoms. The van der Waals surface area contributed by atoms with Crippen molar-refractivity contribution in [2.24, 2.45) is 0 Å². The molecule has 1 amide bonds. The van der Waals surface area contributed by atoms with Gasteiger partial charge in [0.1, 0.15) is 24.4 Å². The molecule has 0 saturated heterocycles. The van der Waals surface area contributed by atoms with Crippen molar-refractivity contribution in [2.75, 3.05) is 19.0 Å². The standard InChI is InChI=1S/C17H18N6O2/c1-18-16-12-8-21-23(17(12)20-10-19-16)9-15(24)22-13-6-7-25-14-5-3-2-4-11(13)14/h2-5,8,10,13H,6-7,9H2,1H3,(H,22,24)(H,18,19,20). The van der Waals surface area contributed by atoms with E-state index in [-0.39, 0.29) is 18.5 Å². The highest BCUT2D eigenvalue weighted by Gasteiger charge is 2.23. The van der Waals surface area contributed by atoms with Crippen LogP contribution in [0.15, 0.2) is 36.8 Å². The number of nitrogens with zero attached hydrogens (tertiary/aromatic N) is 4. The molecule has 128 valence electrons. The summed E-state index contributed by atoms with van der Waals surface area (Å²) in [6, 6.07) is 7.73. The molecular weight excluding hydrogens is 320 g/mol. The first kappa shape index (κ1) is 15.4. The van der Waals surface area contributed by atoms with Crippen molar-refractivity contribution in [3.8, 4) is 5.75 Å². The van der Waals surface area contributed by atoms with Crippen LogP contribution in [0, 0.1) is 0 Å². The summed E-state index contributed by atoms with van der Waals surface area (Å²) in [5.41, 5.74) is 1.63. The molecule has 8 nitrogen and oxygen atoms in total. The molecule has 0 aliphatic carbocycles. The molecule has 1 aliphatic rings. The number of rotatable bonds is 4. The van der Waals surface area contributed by atoms with Crippen LogP contribution < -0.4 is 15.4 Å². The Morgan fingerprint density at radius 1 is 1.36 bits per heavy atom. The number of amides is 1. The minimum atomic E-state index is -0.115. The second kappa shape index (κ2) is 6.39. The number of benzene rings is 1. The third kappa shape index (κ3) is 2.86. The van der Waals surface area contributed by atoms with Gasteiger partial charge in [0.15, 0.2) is 5.65 Å². The highest BCUT2D eigenvalue weighted by molar-refractivity contribution is 5.87. The van der Waals surface area contributed by atoms with Crippen molar-refractivity contribution in [3.63, 3.8) is 0 Å². The number of nitrogens with one attached hydrogen (secondary N) is 2. The summed E-state index contributed by atoms with van der Waals surface area (Å²) in [6.45, 7) is 0.689. The van der Waals surface area contributed by atoms with Crippen molar-refractivity contribution in [3.05, 3.63) is 42.4 Å². The van der Waals surface area contributed by atoms with Gasteiger partial charge in [0.2, 0.25) is 5.91 Å². The molecule has 25 heavy (non-hydrogen) atoms. The number of carbonyl (C=O) groups excluding carboxylic acids is 1. The molecule has 2 N–H and O–H groups in total. The lowest BCUT2D eigenvalue weighted by atomic mass is 10.0. The van der Waals surface area contributed by atoms with Gasteiger partial charge in [-0.2, -0.15) is 5.10 Å². The third-order valence-electron chi connectivity index (χ3n) is 4.26. The van der Waals surface area contributed by atoms with Crippen LogP contribution in [0.1, 0.15) is 18.0 Å². The highest BCUT2D eigenvalue weighted by Crippen LogP contribution is 2.31. The molecule has 0 radical (unpaired) electrons. The zero-order valence-corrected chi connectivity index (χ0v) is 13.8. The van der Waals surface area contributed by atoms with E-state index >= 15 is 0 Å². The molecule has 1 unspecified atom stereocenters. The number of aromatic nitrogens is 4. The second-order valence-electron chi connectivity index (χ2n) is 5.81. The fourth-order valence-corrected chi connectivity index (χ4v) is 3.08. The smallest absolute Gasteiger partial charge is 0.242 e. The summed E-state index contributed by atoms with van der Waals surface area (Å²) in [7, 11) is 1.79. The zero-order valence-electron chi connectivity index (χ0n) is 13.8. The summed E-state index contributed by atoms with van der Waals surface area (Å²) in [6.07, 6.45) is 3.87. The van der Waals surface area contributed by atoms with E-state index in [4.69, 9.17) is 4.74 Å². The van der Waals surface area contributed by atoms with Gasteiger partial charge in [0.25, 0.3) is 0 Å². The van der Waals surface area contributed by atoms with E-state index in [1.165, 1.54) is 6.33 Å². The molecule has 1 aliphatic heterocycles. The van der Waals surface area contributed by atoms with Crippen molar-refractivity contribution < 1.29 is 9.53 Å². The summed E-state index contributed by atoms with van der Waals surface area (Å²) in [4.78, 5) is 20.9. The van der Waals surface area contributed by atoms with Crippen LogP contribution in [0.5, 0.6) is 5.75 Å². The quantitative estimate of drug-likeness (QED) is 0.749. The Hall–Kier alpha value is -3.16. The number of para-hydroxylation sites is 1. The Labute approximate surface area is 144 Å². The van der Waals surface area contributed by atoms with Crippen LogP contribution >= 0.6 is 0 Å². The minimum Gasteiger partial charge on any atom is -0.493 e. The van der Waals surface area contributed by atoms with E-state index in [0.29, 0.717) is 18.1 Å².